The Morgan fingerprint density at radius 2 is 2.32 bits per heavy atom. The number of esters is 1. The maximum atomic E-state index is 11.6. The number of furan rings is 1. The summed E-state index contributed by atoms with van der Waals surface area (Å²) < 4.78 is 15.7. The third-order valence-electron chi connectivity index (χ3n) is 2.86. The Kier molecular flexibility index (Phi) is 5.18. The second-order valence-corrected chi connectivity index (χ2v) is 4.51. The van der Waals surface area contributed by atoms with E-state index in [-0.39, 0.29) is 12.1 Å². The van der Waals surface area contributed by atoms with E-state index in [1.54, 1.807) is 24.5 Å². The molecule has 1 fully saturated rings. The number of ether oxygens (including phenoxy) is 2. The van der Waals surface area contributed by atoms with E-state index in [1.807, 2.05) is 6.92 Å². The smallest absolute Gasteiger partial charge is 0.331 e. The van der Waals surface area contributed by atoms with Gasteiger partial charge < -0.3 is 13.9 Å². The normalized spacial score (nSPS) is 18.6. The first-order valence-electron chi connectivity index (χ1n) is 6.46. The van der Waals surface area contributed by atoms with Gasteiger partial charge in [0.25, 0.3) is 0 Å². The predicted molar refractivity (Wildman–Crippen MR) is 70.6 cm³/mol. The fraction of sp³-hybridized carbons (Fsp3) is 0.500. The zero-order valence-corrected chi connectivity index (χ0v) is 11.1. The molecule has 1 saturated heterocycles. The first-order chi connectivity index (χ1) is 9.24. The van der Waals surface area contributed by atoms with Crippen LogP contribution in [0.3, 0.4) is 0 Å². The summed E-state index contributed by atoms with van der Waals surface area (Å²) >= 11 is 0. The van der Waals surface area contributed by atoms with E-state index in [0.29, 0.717) is 5.76 Å². The molecule has 1 aromatic heterocycles. The van der Waals surface area contributed by atoms with Crippen molar-refractivity contribution in [2.75, 3.05) is 32.8 Å². The molecule has 2 rings (SSSR count). The number of morpholine rings is 1. The van der Waals surface area contributed by atoms with Crippen LogP contribution in [0.4, 0.5) is 0 Å². The number of hydrogen-bond acceptors (Lipinski definition) is 5. The van der Waals surface area contributed by atoms with Crippen molar-refractivity contribution in [3.8, 4) is 0 Å². The van der Waals surface area contributed by atoms with Gasteiger partial charge in [0.1, 0.15) is 11.9 Å². The highest BCUT2D eigenvalue weighted by molar-refractivity contribution is 5.86. The molecule has 0 spiro atoms. The SMILES string of the molecule is C[C@H](CN1CCOCC1)OC(=O)/C=C/c1ccco1. The number of carbonyl (C=O) groups excluding carboxylic acids is 1. The fourth-order valence-electron chi connectivity index (χ4n) is 1.96. The molecule has 1 aliphatic heterocycles. The second-order valence-electron chi connectivity index (χ2n) is 4.51. The van der Waals surface area contributed by atoms with Crippen LogP contribution in [0.1, 0.15) is 12.7 Å². The van der Waals surface area contributed by atoms with Gasteiger partial charge in [-0.25, -0.2) is 4.79 Å². The van der Waals surface area contributed by atoms with Gasteiger partial charge in [-0.2, -0.15) is 0 Å². The fourth-order valence-corrected chi connectivity index (χ4v) is 1.96. The molecule has 5 heteroatoms. The van der Waals surface area contributed by atoms with E-state index in [0.717, 1.165) is 32.8 Å². The van der Waals surface area contributed by atoms with Crippen LogP contribution in [-0.2, 0) is 14.3 Å². The Bertz CT molecular complexity index is 407. The zero-order valence-electron chi connectivity index (χ0n) is 11.1. The van der Waals surface area contributed by atoms with Crippen LogP contribution < -0.4 is 0 Å². The van der Waals surface area contributed by atoms with Crippen molar-refractivity contribution in [2.24, 2.45) is 0 Å². The van der Waals surface area contributed by atoms with E-state index >= 15 is 0 Å². The van der Waals surface area contributed by atoms with Crippen LogP contribution in [0, 0.1) is 0 Å². The first kappa shape index (κ1) is 13.8. The molecule has 2 heterocycles. The highest BCUT2D eigenvalue weighted by atomic mass is 16.5. The molecule has 19 heavy (non-hydrogen) atoms. The summed E-state index contributed by atoms with van der Waals surface area (Å²) in [6, 6.07) is 3.55. The van der Waals surface area contributed by atoms with Crippen molar-refractivity contribution in [3.63, 3.8) is 0 Å². The van der Waals surface area contributed by atoms with Gasteiger partial charge in [-0.05, 0) is 25.1 Å². The number of carbonyl (C=O) groups is 1. The summed E-state index contributed by atoms with van der Waals surface area (Å²) in [5.41, 5.74) is 0. The van der Waals surface area contributed by atoms with Crippen LogP contribution in [0.2, 0.25) is 0 Å². The molecule has 0 unspecified atom stereocenters. The molecule has 1 aliphatic rings. The van der Waals surface area contributed by atoms with E-state index < -0.39 is 0 Å². The summed E-state index contributed by atoms with van der Waals surface area (Å²) in [7, 11) is 0. The summed E-state index contributed by atoms with van der Waals surface area (Å²) in [4.78, 5) is 13.8. The minimum absolute atomic E-state index is 0.133. The van der Waals surface area contributed by atoms with Crippen LogP contribution in [0.5, 0.6) is 0 Å². The molecule has 0 N–H and O–H groups in total. The van der Waals surface area contributed by atoms with Gasteiger partial charge in [0, 0.05) is 25.7 Å². The summed E-state index contributed by atoms with van der Waals surface area (Å²) in [6.07, 6.45) is 4.41. The Morgan fingerprint density at radius 3 is 3.00 bits per heavy atom. The molecular weight excluding hydrogens is 246 g/mol. The van der Waals surface area contributed by atoms with Gasteiger partial charge in [-0.3, -0.25) is 4.90 Å². The summed E-state index contributed by atoms with van der Waals surface area (Å²) in [5.74, 6) is 0.287. The number of rotatable bonds is 5. The quantitative estimate of drug-likeness (QED) is 0.597. The van der Waals surface area contributed by atoms with Crippen LogP contribution in [-0.4, -0.2) is 49.8 Å². The predicted octanol–water partition coefficient (Wildman–Crippen LogP) is 1.56. The lowest BCUT2D eigenvalue weighted by Crippen LogP contribution is -2.41. The monoisotopic (exact) mass is 265 g/mol. The van der Waals surface area contributed by atoms with Gasteiger partial charge >= 0.3 is 5.97 Å². The molecule has 0 aliphatic carbocycles. The van der Waals surface area contributed by atoms with Gasteiger partial charge in [-0.15, -0.1) is 0 Å². The lowest BCUT2D eigenvalue weighted by Gasteiger charge is -2.28. The molecule has 104 valence electrons. The van der Waals surface area contributed by atoms with E-state index in [4.69, 9.17) is 13.9 Å². The molecular formula is C14H19NO4. The van der Waals surface area contributed by atoms with E-state index in [1.165, 1.54) is 6.08 Å². The maximum Gasteiger partial charge on any atom is 0.331 e. The Labute approximate surface area is 112 Å². The summed E-state index contributed by atoms with van der Waals surface area (Å²) in [5, 5.41) is 0. The van der Waals surface area contributed by atoms with E-state index in [9.17, 15) is 4.79 Å². The van der Waals surface area contributed by atoms with Crippen molar-refractivity contribution in [1.82, 2.24) is 4.90 Å². The number of nitrogens with zero attached hydrogens (tertiary/aromatic N) is 1. The van der Waals surface area contributed by atoms with Gasteiger partial charge in [0.05, 0.1) is 19.5 Å². The van der Waals surface area contributed by atoms with Gasteiger partial charge in [-0.1, -0.05) is 0 Å². The molecule has 0 radical (unpaired) electrons. The lowest BCUT2D eigenvalue weighted by molar-refractivity contribution is -0.143. The summed E-state index contributed by atoms with van der Waals surface area (Å²) in [6.45, 7) is 5.92. The average Bonchev–Trinajstić information content (AvgIpc) is 2.90. The first-order valence-corrected chi connectivity index (χ1v) is 6.46. The third kappa shape index (κ3) is 4.89. The van der Waals surface area contributed by atoms with Crippen molar-refractivity contribution in [2.45, 2.75) is 13.0 Å². The topological polar surface area (TPSA) is 51.9 Å². The van der Waals surface area contributed by atoms with Crippen molar-refractivity contribution < 1.29 is 18.7 Å². The minimum Gasteiger partial charge on any atom is -0.465 e. The molecule has 0 saturated carbocycles. The molecule has 0 bridgehead atoms. The van der Waals surface area contributed by atoms with Crippen molar-refractivity contribution >= 4 is 12.0 Å². The number of hydrogen-bond donors (Lipinski definition) is 0. The van der Waals surface area contributed by atoms with Gasteiger partial charge in [0.15, 0.2) is 0 Å². The largest absolute Gasteiger partial charge is 0.465 e. The molecule has 0 aromatic carbocycles. The van der Waals surface area contributed by atoms with Crippen LogP contribution in [0.15, 0.2) is 28.9 Å². The standard InChI is InChI=1S/C14H19NO4/c1-12(11-15-6-9-17-10-7-15)19-14(16)5-4-13-3-2-8-18-13/h2-5,8,12H,6-7,9-11H2,1H3/b5-4+/t12-/m1/s1. The minimum atomic E-state index is -0.350. The van der Waals surface area contributed by atoms with E-state index in [2.05, 4.69) is 4.90 Å². The van der Waals surface area contributed by atoms with Crippen molar-refractivity contribution in [1.29, 1.82) is 0 Å². The molecule has 1 aromatic rings. The Morgan fingerprint density at radius 1 is 1.53 bits per heavy atom. The van der Waals surface area contributed by atoms with Crippen molar-refractivity contribution in [3.05, 3.63) is 30.2 Å². The maximum absolute atomic E-state index is 11.6. The third-order valence-corrected chi connectivity index (χ3v) is 2.86. The van der Waals surface area contributed by atoms with Crippen LogP contribution in [0.25, 0.3) is 6.08 Å². The lowest BCUT2D eigenvalue weighted by atomic mass is 10.3. The molecule has 0 amide bonds. The van der Waals surface area contributed by atoms with Gasteiger partial charge in [0.2, 0.25) is 0 Å². The highest BCUT2D eigenvalue weighted by Gasteiger charge is 2.15. The Balaban J connectivity index is 1.72. The van der Waals surface area contributed by atoms with Crippen LogP contribution >= 0.6 is 0 Å². The zero-order chi connectivity index (χ0) is 13.5. The Hall–Kier alpha value is -1.59. The highest BCUT2D eigenvalue weighted by Crippen LogP contribution is 2.04. The molecule has 1 atom stereocenters. The molecule has 5 nitrogen and oxygen atoms in total. The average molecular weight is 265 g/mol. The second kappa shape index (κ2) is 7.11.